The van der Waals surface area contributed by atoms with Gasteiger partial charge in [-0.1, -0.05) is 42.5 Å². The lowest BCUT2D eigenvalue weighted by atomic mass is 10.1. The van der Waals surface area contributed by atoms with Gasteiger partial charge in [-0.2, -0.15) is 13.2 Å². The molecule has 0 aliphatic rings. The molecule has 108 valence electrons. The number of fused-ring (bicyclic) bond motifs is 1. The van der Waals surface area contributed by atoms with Crippen LogP contribution in [0.5, 0.6) is 0 Å². The van der Waals surface area contributed by atoms with Crippen LogP contribution in [0.2, 0.25) is 0 Å². The van der Waals surface area contributed by atoms with Crippen LogP contribution < -0.4 is 5.73 Å². The summed E-state index contributed by atoms with van der Waals surface area (Å²) >= 11 is 0.998. The Labute approximate surface area is 123 Å². The minimum Gasteiger partial charge on any atom is -0.326 e. The van der Waals surface area contributed by atoms with Gasteiger partial charge in [-0.05, 0) is 10.8 Å². The van der Waals surface area contributed by atoms with E-state index in [1.807, 2.05) is 36.4 Å². The molecule has 0 radical (unpaired) electrons. The lowest BCUT2D eigenvalue weighted by Gasteiger charge is -2.04. The molecule has 2 nitrogen and oxygen atoms in total. The van der Waals surface area contributed by atoms with Crippen molar-refractivity contribution < 1.29 is 13.2 Å². The molecule has 21 heavy (non-hydrogen) atoms. The fourth-order valence-electron chi connectivity index (χ4n) is 2.24. The maximum atomic E-state index is 13.0. The maximum absolute atomic E-state index is 13.0. The van der Waals surface area contributed by atoms with E-state index in [1.165, 1.54) is 0 Å². The minimum atomic E-state index is -4.48. The number of nitrogens with two attached hydrogens (primary N) is 1. The van der Waals surface area contributed by atoms with Crippen molar-refractivity contribution in [2.75, 3.05) is 0 Å². The quantitative estimate of drug-likeness (QED) is 0.760. The molecule has 2 aromatic carbocycles. The Balaban J connectivity index is 2.22. The van der Waals surface area contributed by atoms with Gasteiger partial charge >= 0.3 is 6.18 Å². The Hall–Kier alpha value is -1.92. The average Bonchev–Trinajstić information content (AvgIpc) is 2.91. The molecule has 0 amide bonds. The first-order valence-corrected chi connectivity index (χ1v) is 7.07. The van der Waals surface area contributed by atoms with Crippen LogP contribution in [-0.2, 0) is 12.7 Å². The number of hydrogen-bond acceptors (Lipinski definition) is 3. The highest BCUT2D eigenvalue weighted by atomic mass is 32.1. The van der Waals surface area contributed by atoms with Crippen LogP contribution in [0.1, 0.15) is 10.6 Å². The van der Waals surface area contributed by atoms with E-state index in [1.54, 1.807) is 6.07 Å². The van der Waals surface area contributed by atoms with Crippen molar-refractivity contribution in [2.45, 2.75) is 12.7 Å². The van der Waals surface area contributed by atoms with Gasteiger partial charge in [0.2, 0.25) is 0 Å². The Morgan fingerprint density at radius 3 is 2.43 bits per heavy atom. The molecule has 0 aliphatic carbocycles. The summed E-state index contributed by atoms with van der Waals surface area (Å²) in [6.45, 7) is -0.169. The molecule has 6 heteroatoms. The van der Waals surface area contributed by atoms with Crippen LogP contribution in [0.4, 0.5) is 13.2 Å². The van der Waals surface area contributed by atoms with Gasteiger partial charge < -0.3 is 5.73 Å². The van der Waals surface area contributed by atoms with Crippen LogP contribution >= 0.6 is 11.3 Å². The highest BCUT2D eigenvalue weighted by Gasteiger charge is 2.37. The zero-order valence-electron chi connectivity index (χ0n) is 10.8. The predicted molar refractivity (Wildman–Crippen MR) is 77.9 cm³/mol. The fourth-order valence-corrected chi connectivity index (χ4v) is 3.24. The molecule has 0 unspecified atom stereocenters. The van der Waals surface area contributed by atoms with Crippen molar-refractivity contribution in [2.24, 2.45) is 5.73 Å². The summed E-state index contributed by atoms with van der Waals surface area (Å²) in [4.78, 5) is 3.85. The van der Waals surface area contributed by atoms with Crippen LogP contribution in [0.25, 0.3) is 21.3 Å². The van der Waals surface area contributed by atoms with Crippen molar-refractivity contribution in [1.29, 1.82) is 0 Å². The maximum Gasteiger partial charge on any atom is 0.434 e. The number of aromatic nitrogens is 1. The molecule has 1 heterocycles. The lowest BCUT2D eigenvalue weighted by molar-refractivity contribution is -0.141. The summed E-state index contributed by atoms with van der Waals surface area (Å²) in [7, 11) is 0. The van der Waals surface area contributed by atoms with Crippen molar-refractivity contribution in [3.8, 4) is 10.6 Å². The topological polar surface area (TPSA) is 38.9 Å². The molecule has 0 atom stereocenters. The second-order valence-electron chi connectivity index (χ2n) is 4.52. The Morgan fingerprint density at radius 2 is 1.76 bits per heavy atom. The van der Waals surface area contributed by atoms with E-state index >= 15 is 0 Å². The Bertz CT molecular complexity index is 788. The zero-order valence-corrected chi connectivity index (χ0v) is 11.6. The second kappa shape index (κ2) is 5.13. The first kappa shape index (κ1) is 14.0. The largest absolute Gasteiger partial charge is 0.434 e. The van der Waals surface area contributed by atoms with Crippen LogP contribution in [0.3, 0.4) is 0 Å². The van der Waals surface area contributed by atoms with Gasteiger partial charge in [0.05, 0.1) is 4.88 Å². The van der Waals surface area contributed by atoms with Crippen molar-refractivity contribution in [3.05, 3.63) is 53.0 Å². The molecule has 2 N–H and O–H groups in total. The van der Waals surface area contributed by atoms with E-state index in [-0.39, 0.29) is 11.4 Å². The molecule has 0 aliphatic heterocycles. The number of thiazole rings is 1. The summed E-state index contributed by atoms with van der Waals surface area (Å²) in [6.07, 6.45) is -4.48. The van der Waals surface area contributed by atoms with Gasteiger partial charge in [0, 0.05) is 12.1 Å². The van der Waals surface area contributed by atoms with Gasteiger partial charge in [0.25, 0.3) is 0 Å². The monoisotopic (exact) mass is 308 g/mol. The van der Waals surface area contributed by atoms with E-state index in [4.69, 9.17) is 5.73 Å². The van der Waals surface area contributed by atoms with Crippen molar-refractivity contribution in [1.82, 2.24) is 4.98 Å². The van der Waals surface area contributed by atoms with Crippen molar-refractivity contribution in [3.63, 3.8) is 0 Å². The minimum absolute atomic E-state index is 0.0606. The van der Waals surface area contributed by atoms with Crippen molar-refractivity contribution >= 4 is 22.1 Å². The molecule has 0 saturated carbocycles. The van der Waals surface area contributed by atoms with E-state index in [2.05, 4.69) is 4.98 Å². The summed E-state index contributed by atoms with van der Waals surface area (Å²) in [6, 6.07) is 13.0. The molecule has 0 spiro atoms. The summed E-state index contributed by atoms with van der Waals surface area (Å²) in [5.41, 5.74) is 5.24. The molecular formula is C15H11F3N2S. The number of halogens is 3. The number of nitrogens with zero attached hydrogens (tertiary/aromatic N) is 1. The molecule has 0 fully saturated rings. The third kappa shape index (κ3) is 2.52. The normalized spacial score (nSPS) is 12.0. The SMILES string of the molecule is NCc1sc(-c2cccc3ccccc23)nc1C(F)(F)F. The highest BCUT2D eigenvalue weighted by Crippen LogP contribution is 2.39. The van der Waals surface area contributed by atoms with Gasteiger partial charge in [0.1, 0.15) is 5.01 Å². The first-order valence-electron chi connectivity index (χ1n) is 6.26. The van der Waals surface area contributed by atoms with Gasteiger partial charge in [0.15, 0.2) is 5.69 Å². The number of alkyl halides is 3. The smallest absolute Gasteiger partial charge is 0.326 e. The summed E-state index contributed by atoms with van der Waals surface area (Å²) in [5, 5.41) is 2.19. The lowest BCUT2D eigenvalue weighted by Crippen LogP contribution is -2.10. The molecular weight excluding hydrogens is 297 g/mol. The van der Waals surface area contributed by atoms with E-state index < -0.39 is 11.9 Å². The van der Waals surface area contributed by atoms with E-state index in [9.17, 15) is 13.2 Å². The highest BCUT2D eigenvalue weighted by molar-refractivity contribution is 7.15. The summed E-state index contributed by atoms with van der Waals surface area (Å²) < 4.78 is 38.9. The van der Waals surface area contributed by atoms with Gasteiger partial charge in [-0.25, -0.2) is 4.98 Å². The molecule has 3 rings (SSSR count). The first-order chi connectivity index (χ1) is 10.0. The van der Waals surface area contributed by atoms with Crippen LogP contribution in [0.15, 0.2) is 42.5 Å². The van der Waals surface area contributed by atoms with E-state index in [0.717, 1.165) is 22.1 Å². The fraction of sp³-hybridized carbons (Fsp3) is 0.133. The third-order valence-electron chi connectivity index (χ3n) is 3.17. The van der Waals surface area contributed by atoms with Crippen LogP contribution in [-0.4, -0.2) is 4.98 Å². The molecule has 0 saturated heterocycles. The molecule has 0 bridgehead atoms. The number of benzene rings is 2. The second-order valence-corrected chi connectivity index (χ2v) is 5.60. The summed E-state index contributed by atoms with van der Waals surface area (Å²) in [5.74, 6) is 0. The number of rotatable bonds is 2. The average molecular weight is 308 g/mol. The van der Waals surface area contributed by atoms with E-state index in [0.29, 0.717) is 10.6 Å². The Morgan fingerprint density at radius 1 is 1.05 bits per heavy atom. The van der Waals surface area contributed by atoms with Gasteiger partial charge in [-0.3, -0.25) is 0 Å². The third-order valence-corrected chi connectivity index (χ3v) is 4.28. The van der Waals surface area contributed by atoms with Crippen LogP contribution in [0, 0.1) is 0 Å². The molecule has 1 aromatic heterocycles. The number of hydrogen-bond donors (Lipinski definition) is 1. The predicted octanol–water partition coefficient (Wildman–Crippen LogP) is 4.44. The standard InChI is InChI=1S/C15H11F3N2S/c16-15(17,18)13-12(8-19)21-14(20-13)11-7-3-5-9-4-1-2-6-10(9)11/h1-7H,8,19H2. The Kier molecular flexibility index (Phi) is 3.43. The van der Waals surface area contributed by atoms with Gasteiger partial charge in [-0.15, -0.1) is 11.3 Å². The zero-order chi connectivity index (χ0) is 15.0. The molecule has 3 aromatic rings.